The Morgan fingerprint density at radius 1 is 0.597 bits per heavy atom. The van der Waals surface area contributed by atoms with Crippen molar-refractivity contribution in [2.75, 3.05) is 60.5 Å². The van der Waals surface area contributed by atoms with Crippen LogP contribution >= 0.6 is 0 Å². The van der Waals surface area contributed by atoms with Crippen LogP contribution in [0, 0.1) is 11.2 Å². The van der Waals surface area contributed by atoms with Gasteiger partial charge in [0.1, 0.15) is 43.4 Å². The van der Waals surface area contributed by atoms with E-state index >= 15 is 4.39 Å². The fourth-order valence-electron chi connectivity index (χ4n) is 6.15. The summed E-state index contributed by atoms with van der Waals surface area (Å²) in [6, 6.07) is 8.85. The maximum atomic E-state index is 16.0. The minimum absolute atomic E-state index is 0.0401. The van der Waals surface area contributed by atoms with Crippen LogP contribution < -0.4 is 4.74 Å². The molecule has 62 heavy (non-hydrogen) atoms. The highest BCUT2D eigenvalue weighted by Gasteiger charge is 2.39. The topological polar surface area (TPSA) is 167 Å². The van der Waals surface area contributed by atoms with Crippen molar-refractivity contribution < 1.29 is 66.3 Å². The highest BCUT2D eigenvalue weighted by molar-refractivity contribution is 6.34. The molecule has 2 rings (SSSR count). The average molecular weight is 869 g/mol. The van der Waals surface area contributed by atoms with Crippen molar-refractivity contribution in [3.63, 3.8) is 0 Å². The molecule has 13 nitrogen and oxygen atoms in total. The zero-order chi connectivity index (χ0) is 46.1. The van der Waals surface area contributed by atoms with Gasteiger partial charge in [-0.25, -0.2) is 23.6 Å². The van der Waals surface area contributed by atoms with Gasteiger partial charge in [-0.05, 0) is 86.4 Å². The van der Waals surface area contributed by atoms with Gasteiger partial charge >= 0.3 is 23.9 Å². The number of carbonyl (C=O) groups is 6. The van der Waals surface area contributed by atoms with Gasteiger partial charge in [0, 0.05) is 43.8 Å². The molecule has 342 valence electrons. The summed E-state index contributed by atoms with van der Waals surface area (Å²) in [6.45, 7) is 11.9. The van der Waals surface area contributed by atoms with Gasteiger partial charge in [-0.2, -0.15) is 0 Å². The van der Waals surface area contributed by atoms with Gasteiger partial charge in [-0.1, -0.05) is 71.2 Å². The molecule has 0 saturated carbocycles. The lowest BCUT2D eigenvalue weighted by molar-refractivity contribution is -0.169. The molecule has 0 aromatic heterocycles. The molecule has 0 N–H and O–H groups in total. The number of hydrogen-bond acceptors (Lipinski definition) is 13. The van der Waals surface area contributed by atoms with E-state index in [2.05, 4.69) is 20.1 Å². The lowest BCUT2D eigenvalue weighted by atomic mass is 9.91. The molecule has 0 radical (unpaired) electrons. The van der Waals surface area contributed by atoms with E-state index in [1.165, 1.54) is 47.3 Å². The van der Waals surface area contributed by atoms with Crippen LogP contribution in [0.5, 0.6) is 5.75 Å². The summed E-state index contributed by atoms with van der Waals surface area (Å²) in [5.41, 5.74) is 1.85. The Hall–Kier alpha value is -5.21. The summed E-state index contributed by atoms with van der Waals surface area (Å²) in [5.74, 6) is -5.67. The number of aryl methyl sites for hydroxylation is 3. The van der Waals surface area contributed by atoms with Crippen molar-refractivity contribution >= 4 is 35.4 Å². The third-order valence-corrected chi connectivity index (χ3v) is 9.91. The van der Waals surface area contributed by atoms with E-state index in [1.807, 2.05) is 19.1 Å². The van der Waals surface area contributed by atoms with E-state index in [1.54, 1.807) is 18.2 Å². The number of hydrogen-bond donors (Lipinski definition) is 0. The molecule has 2 aromatic rings. The Morgan fingerprint density at radius 2 is 1.15 bits per heavy atom. The van der Waals surface area contributed by atoms with Crippen LogP contribution in [0.2, 0.25) is 0 Å². The number of halogens is 1. The van der Waals surface area contributed by atoms with Gasteiger partial charge in [-0.3, -0.25) is 9.59 Å². The predicted molar refractivity (Wildman–Crippen MR) is 231 cm³/mol. The first-order valence-electron chi connectivity index (χ1n) is 21.2. The van der Waals surface area contributed by atoms with Crippen LogP contribution in [0.3, 0.4) is 0 Å². The summed E-state index contributed by atoms with van der Waals surface area (Å²) in [7, 11) is 2.73. The number of unbranched alkanes of at least 4 members (excludes halogenated alkanes) is 5. The second-order valence-electron chi connectivity index (χ2n) is 15.5. The maximum Gasteiger partial charge on any atom is 0.374 e. The summed E-state index contributed by atoms with van der Waals surface area (Å²) in [5, 5.41) is 0. The molecule has 2 aromatic carbocycles. The SMILES string of the molecule is C=C(C)C(=O)OCCCc1cc(-c2ccc(CCCCCCCC)cc2F)c(CC)cc1OCC(COC(=O)C(=C)C)(COC(=O)C(=O)CCOC)COC(=O)C(=O)CCOC. The Labute approximate surface area is 365 Å². The molecule has 0 heterocycles. The second-order valence-corrected chi connectivity index (χ2v) is 15.5. The van der Waals surface area contributed by atoms with E-state index in [0.29, 0.717) is 35.3 Å². The van der Waals surface area contributed by atoms with Gasteiger partial charge in [0.25, 0.3) is 0 Å². The Balaban J connectivity index is 2.63. The predicted octanol–water partition coefficient (Wildman–Crippen LogP) is 7.79. The fraction of sp³-hybridized carbons (Fsp3) is 0.542. The van der Waals surface area contributed by atoms with E-state index in [0.717, 1.165) is 36.8 Å². The number of esters is 4. The molecule has 14 heteroatoms. The Kier molecular flexibility index (Phi) is 24.2. The van der Waals surface area contributed by atoms with Crippen molar-refractivity contribution in [1.82, 2.24) is 0 Å². The molecule has 0 fully saturated rings. The normalized spacial score (nSPS) is 11.1. The van der Waals surface area contributed by atoms with Crippen molar-refractivity contribution in [1.29, 1.82) is 0 Å². The van der Waals surface area contributed by atoms with Crippen LogP contribution in [0.15, 0.2) is 54.6 Å². The van der Waals surface area contributed by atoms with E-state index in [4.69, 9.17) is 33.2 Å². The smallest absolute Gasteiger partial charge is 0.374 e. The van der Waals surface area contributed by atoms with Crippen LogP contribution in [-0.4, -0.2) is 95.9 Å². The van der Waals surface area contributed by atoms with Crippen molar-refractivity contribution in [2.24, 2.45) is 5.41 Å². The first-order chi connectivity index (χ1) is 29.6. The minimum Gasteiger partial charge on any atom is -0.492 e. The molecular formula is C48H65FO13. The number of ether oxygens (including phenoxy) is 7. The van der Waals surface area contributed by atoms with Gasteiger partial charge in [0.2, 0.25) is 11.6 Å². The molecule has 0 aliphatic heterocycles. The van der Waals surface area contributed by atoms with Crippen LogP contribution in [0.4, 0.5) is 4.39 Å². The number of methoxy groups -OCH3 is 2. The van der Waals surface area contributed by atoms with Crippen molar-refractivity contribution in [3.05, 3.63) is 77.1 Å². The van der Waals surface area contributed by atoms with Crippen molar-refractivity contribution in [3.8, 4) is 16.9 Å². The standard InChI is InChI=1S/C48H65FO13/c1-9-11-12-13-14-15-17-35-19-20-38(40(49)26-35)39-27-37(18-16-23-58-44(52)33(3)4)43(28-36(39)10-2)59-29-48(30-60-45(53)34(5)6,31-61-46(54)41(50)21-24-56-7)32-62-47(55)42(51)22-25-57-8/h19-20,26-28H,3,5,9-18,21-25,29-32H2,1-2,4,6-8H3. The molecule has 0 unspecified atom stereocenters. The Morgan fingerprint density at radius 3 is 1.68 bits per heavy atom. The molecular weight excluding hydrogens is 804 g/mol. The van der Waals surface area contributed by atoms with Crippen LogP contribution in [0.1, 0.15) is 102 Å². The molecule has 0 aliphatic rings. The lowest BCUT2D eigenvalue weighted by Gasteiger charge is -2.32. The van der Waals surface area contributed by atoms with Crippen LogP contribution in [-0.2, 0) is 76.5 Å². The van der Waals surface area contributed by atoms with Gasteiger partial charge in [-0.15, -0.1) is 0 Å². The lowest BCUT2D eigenvalue weighted by Crippen LogP contribution is -2.45. The third-order valence-electron chi connectivity index (χ3n) is 9.91. The zero-order valence-electron chi connectivity index (χ0n) is 37.4. The van der Waals surface area contributed by atoms with Crippen LogP contribution in [0.25, 0.3) is 11.1 Å². The molecule has 0 saturated heterocycles. The highest BCUT2D eigenvalue weighted by atomic mass is 19.1. The number of ketones is 2. The molecule has 0 spiro atoms. The summed E-state index contributed by atoms with van der Waals surface area (Å²) >= 11 is 0. The Bertz CT molecular complexity index is 1810. The molecule has 0 atom stereocenters. The highest BCUT2D eigenvalue weighted by Crippen LogP contribution is 2.35. The molecule has 0 amide bonds. The summed E-state index contributed by atoms with van der Waals surface area (Å²) in [4.78, 5) is 75.6. The van der Waals surface area contributed by atoms with E-state index in [9.17, 15) is 28.8 Å². The largest absolute Gasteiger partial charge is 0.492 e. The fourth-order valence-corrected chi connectivity index (χ4v) is 6.15. The second kappa shape index (κ2) is 28.4. The summed E-state index contributed by atoms with van der Waals surface area (Å²) < 4.78 is 53.9. The van der Waals surface area contributed by atoms with Gasteiger partial charge < -0.3 is 33.2 Å². The quantitative estimate of drug-likeness (QED) is 0.0230. The van der Waals surface area contributed by atoms with Gasteiger partial charge in [0.15, 0.2) is 0 Å². The first kappa shape index (κ1) is 52.9. The number of benzene rings is 2. The maximum absolute atomic E-state index is 16.0. The molecule has 0 bridgehead atoms. The number of carbonyl (C=O) groups excluding carboxylic acids is 6. The number of Topliss-reactive ketones (excluding diaryl/α,β-unsaturated/α-hetero) is 2. The number of rotatable bonds is 32. The zero-order valence-corrected chi connectivity index (χ0v) is 37.4. The monoisotopic (exact) mass is 868 g/mol. The third kappa shape index (κ3) is 18.4. The van der Waals surface area contributed by atoms with Crippen molar-refractivity contribution in [2.45, 2.75) is 105 Å². The minimum atomic E-state index is -1.68. The van der Waals surface area contributed by atoms with Gasteiger partial charge in [0.05, 0.1) is 19.8 Å². The molecule has 0 aliphatic carbocycles. The first-order valence-corrected chi connectivity index (χ1v) is 21.2. The van der Waals surface area contributed by atoms with E-state index < -0.39 is 67.3 Å². The average Bonchev–Trinajstić information content (AvgIpc) is 3.26. The summed E-state index contributed by atoms with van der Waals surface area (Å²) in [6.07, 6.45) is 8.08. The van der Waals surface area contributed by atoms with E-state index in [-0.39, 0.29) is 56.0 Å².